The molecule has 27 heavy (non-hydrogen) atoms. The number of alkyl halides is 3. The van der Waals surface area contributed by atoms with Gasteiger partial charge in [-0.25, -0.2) is 15.0 Å². The molecule has 144 valence electrons. The third-order valence-electron chi connectivity index (χ3n) is 4.32. The number of aromatic nitrogens is 4. The Labute approximate surface area is 154 Å². The number of ether oxygens (including phenoxy) is 2. The average Bonchev–Trinajstić information content (AvgIpc) is 3.04. The van der Waals surface area contributed by atoms with Gasteiger partial charge in [-0.2, -0.15) is 0 Å². The molecule has 9 heteroatoms. The van der Waals surface area contributed by atoms with Crippen LogP contribution in [0.2, 0.25) is 0 Å². The van der Waals surface area contributed by atoms with Crippen molar-refractivity contribution < 1.29 is 22.6 Å². The second-order valence-corrected chi connectivity index (χ2v) is 5.93. The second-order valence-electron chi connectivity index (χ2n) is 5.93. The fraction of sp³-hybridized carbons (Fsp3) is 0.389. The third-order valence-corrected chi connectivity index (χ3v) is 4.32. The molecule has 0 N–H and O–H groups in total. The van der Waals surface area contributed by atoms with Crippen molar-refractivity contribution in [1.82, 2.24) is 19.5 Å². The van der Waals surface area contributed by atoms with Crippen molar-refractivity contribution in [2.24, 2.45) is 0 Å². The van der Waals surface area contributed by atoms with Crippen LogP contribution in [0, 0.1) is 0 Å². The molecule has 0 saturated carbocycles. The topological polar surface area (TPSA) is 62.1 Å². The maximum Gasteiger partial charge on any atom is 0.573 e. The van der Waals surface area contributed by atoms with Gasteiger partial charge in [0.05, 0.1) is 25.2 Å². The van der Waals surface area contributed by atoms with E-state index < -0.39 is 6.36 Å². The number of halogens is 3. The minimum Gasteiger partial charge on any atom is -0.496 e. The van der Waals surface area contributed by atoms with Gasteiger partial charge in [0.25, 0.3) is 0 Å². The minimum absolute atomic E-state index is 0.176. The summed E-state index contributed by atoms with van der Waals surface area (Å²) in [6.07, 6.45) is 0.543. The number of imidazole rings is 1. The molecule has 0 fully saturated rings. The zero-order valence-corrected chi connectivity index (χ0v) is 15.1. The first kappa shape index (κ1) is 18.9. The van der Waals surface area contributed by atoms with Crippen LogP contribution in [0.4, 0.5) is 13.2 Å². The maximum atomic E-state index is 12.4. The molecule has 0 atom stereocenters. The molecular weight excluding hydrogens is 361 g/mol. The Bertz CT molecular complexity index is 936. The summed E-state index contributed by atoms with van der Waals surface area (Å²) < 4.78 is 48.4. The van der Waals surface area contributed by atoms with Crippen LogP contribution in [0.25, 0.3) is 22.6 Å². The quantitative estimate of drug-likeness (QED) is 0.617. The summed E-state index contributed by atoms with van der Waals surface area (Å²) >= 11 is 0. The number of hydrogen-bond acceptors (Lipinski definition) is 5. The van der Waals surface area contributed by atoms with Gasteiger partial charge in [0.15, 0.2) is 11.5 Å². The van der Waals surface area contributed by atoms with Crippen molar-refractivity contribution in [2.45, 2.75) is 39.1 Å². The lowest BCUT2D eigenvalue weighted by Gasteiger charge is -2.15. The van der Waals surface area contributed by atoms with Gasteiger partial charge < -0.3 is 14.0 Å². The number of hydrogen-bond donors (Lipinski definition) is 0. The molecule has 0 aliphatic rings. The Morgan fingerprint density at radius 2 is 1.89 bits per heavy atom. The summed E-state index contributed by atoms with van der Waals surface area (Å²) in [5.74, 6) is 0.116. The Hall–Kier alpha value is -2.84. The van der Waals surface area contributed by atoms with Crippen molar-refractivity contribution in [1.29, 1.82) is 0 Å². The molecule has 1 aromatic carbocycles. The van der Waals surface area contributed by atoms with Gasteiger partial charge in [-0.3, -0.25) is 0 Å². The molecule has 2 aromatic heterocycles. The summed E-state index contributed by atoms with van der Waals surface area (Å²) in [6.45, 7) is 4.20. The summed E-state index contributed by atoms with van der Waals surface area (Å²) in [5.41, 5.74) is 1.78. The highest BCUT2D eigenvalue weighted by Crippen LogP contribution is 2.34. The molecule has 0 aliphatic carbocycles. The van der Waals surface area contributed by atoms with Gasteiger partial charge in [0.1, 0.15) is 17.0 Å². The standard InChI is InChI=1S/C18H19F3N4O2/c1-4-11(5-2)25-10-23-17-14(25)9-22-16(24-17)13-7-6-12(8-15(13)26-3)27-18(19,20)21/h6-11H,4-5H2,1-3H3. The highest BCUT2D eigenvalue weighted by atomic mass is 19.4. The van der Waals surface area contributed by atoms with E-state index in [9.17, 15) is 13.2 Å². The molecule has 3 aromatic rings. The van der Waals surface area contributed by atoms with Crippen molar-refractivity contribution in [3.63, 3.8) is 0 Å². The molecule has 0 unspecified atom stereocenters. The molecular formula is C18H19F3N4O2. The van der Waals surface area contributed by atoms with E-state index in [4.69, 9.17) is 4.74 Å². The molecule has 0 bridgehead atoms. The largest absolute Gasteiger partial charge is 0.573 e. The summed E-state index contributed by atoms with van der Waals surface area (Å²) in [5, 5.41) is 0. The molecule has 0 amide bonds. The normalized spacial score (nSPS) is 12.0. The first-order valence-corrected chi connectivity index (χ1v) is 8.50. The summed E-state index contributed by atoms with van der Waals surface area (Å²) in [4.78, 5) is 13.1. The zero-order valence-electron chi connectivity index (χ0n) is 15.1. The maximum absolute atomic E-state index is 12.4. The molecule has 0 radical (unpaired) electrons. The van der Waals surface area contributed by atoms with Crippen LogP contribution in [0.3, 0.4) is 0 Å². The monoisotopic (exact) mass is 380 g/mol. The molecule has 0 saturated heterocycles. The van der Waals surface area contributed by atoms with Gasteiger partial charge in [0.2, 0.25) is 0 Å². The van der Waals surface area contributed by atoms with Gasteiger partial charge in [-0.1, -0.05) is 13.8 Å². The Morgan fingerprint density at radius 3 is 2.52 bits per heavy atom. The van der Waals surface area contributed by atoms with Crippen LogP contribution >= 0.6 is 0 Å². The average molecular weight is 380 g/mol. The van der Waals surface area contributed by atoms with Crippen LogP contribution in [-0.2, 0) is 0 Å². The van der Waals surface area contributed by atoms with Gasteiger partial charge in [0, 0.05) is 12.1 Å². The molecule has 3 rings (SSSR count). The Balaban J connectivity index is 2.00. The van der Waals surface area contributed by atoms with Crippen molar-refractivity contribution >= 4 is 11.2 Å². The molecule has 6 nitrogen and oxygen atoms in total. The fourth-order valence-corrected chi connectivity index (χ4v) is 2.98. The van der Waals surface area contributed by atoms with E-state index in [0.29, 0.717) is 23.1 Å². The summed E-state index contributed by atoms with van der Waals surface area (Å²) in [6, 6.07) is 4.08. The van der Waals surface area contributed by atoms with Crippen LogP contribution in [0.15, 0.2) is 30.7 Å². The lowest BCUT2D eigenvalue weighted by molar-refractivity contribution is -0.274. The van der Waals surface area contributed by atoms with E-state index in [2.05, 4.69) is 33.5 Å². The number of nitrogens with zero attached hydrogens (tertiary/aromatic N) is 4. The molecule has 0 aliphatic heterocycles. The molecule has 2 heterocycles. The first-order valence-electron chi connectivity index (χ1n) is 8.50. The van der Waals surface area contributed by atoms with Crippen LogP contribution in [0.5, 0.6) is 11.5 Å². The van der Waals surface area contributed by atoms with Gasteiger partial charge >= 0.3 is 6.36 Å². The smallest absolute Gasteiger partial charge is 0.496 e. The predicted molar refractivity (Wildman–Crippen MR) is 93.6 cm³/mol. The summed E-state index contributed by atoms with van der Waals surface area (Å²) in [7, 11) is 1.36. The lowest BCUT2D eigenvalue weighted by atomic mass is 10.1. The number of methoxy groups -OCH3 is 1. The number of benzene rings is 1. The van der Waals surface area contributed by atoms with E-state index >= 15 is 0 Å². The van der Waals surface area contributed by atoms with Crippen LogP contribution < -0.4 is 9.47 Å². The van der Waals surface area contributed by atoms with Crippen molar-refractivity contribution in [3.05, 3.63) is 30.7 Å². The van der Waals surface area contributed by atoms with E-state index in [-0.39, 0.29) is 11.5 Å². The zero-order chi connectivity index (χ0) is 19.6. The second kappa shape index (κ2) is 7.42. The van der Waals surface area contributed by atoms with E-state index in [1.54, 1.807) is 12.5 Å². The van der Waals surface area contributed by atoms with Gasteiger partial charge in [-0.05, 0) is 25.0 Å². The number of fused-ring (bicyclic) bond motifs is 1. The van der Waals surface area contributed by atoms with Crippen LogP contribution in [0.1, 0.15) is 32.7 Å². The minimum atomic E-state index is -4.77. The predicted octanol–water partition coefficient (Wildman–Crippen LogP) is 4.76. The Morgan fingerprint density at radius 1 is 1.15 bits per heavy atom. The molecule has 0 spiro atoms. The van der Waals surface area contributed by atoms with Crippen molar-refractivity contribution in [2.75, 3.05) is 7.11 Å². The highest BCUT2D eigenvalue weighted by Gasteiger charge is 2.31. The number of rotatable bonds is 6. The van der Waals surface area contributed by atoms with Gasteiger partial charge in [-0.15, -0.1) is 13.2 Å². The lowest BCUT2D eigenvalue weighted by Crippen LogP contribution is -2.17. The van der Waals surface area contributed by atoms with E-state index in [1.807, 2.05) is 4.57 Å². The van der Waals surface area contributed by atoms with Crippen molar-refractivity contribution in [3.8, 4) is 22.9 Å². The third kappa shape index (κ3) is 3.96. The first-order chi connectivity index (χ1) is 12.9. The van der Waals surface area contributed by atoms with E-state index in [1.165, 1.54) is 19.2 Å². The van der Waals surface area contributed by atoms with E-state index in [0.717, 1.165) is 24.4 Å². The Kier molecular flexibility index (Phi) is 5.20. The highest BCUT2D eigenvalue weighted by molar-refractivity contribution is 5.75. The SMILES string of the molecule is CCC(CC)n1cnc2nc(-c3ccc(OC(F)(F)F)cc3OC)ncc21. The fourth-order valence-electron chi connectivity index (χ4n) is 2.98. The van der Waals surface area contributed by atoms with Crippen LogP contribution in [-0.4, -0.2) is 33.0 Å².